The van der Waals surface area contributed by atoms with Crippen LogP contribution < -0.4 is 9.46 Å². The minimum atomic E-state index is -3.72. The molecule has 0 atom stereocenters. The number of hydrogen-bond acceptors (Lipinski definition) is 6. The first-order valence-electron chi connectivity index (χ1n) is 8.43. The molecule has 3 rings (SSSR count). The first-order chi connectivity index (χ1) is 12.9. The van der Waals surface area contributed by atoms with Gasteiger partial charge in [-0.2, -0.15) is 4.98 Å². The van der Waals surface area contributed by atoms with Crippen molar-refractivity contribution in [3.8, 4) is 17.1 Å². The van der Waals surface area contributed by atoms with Gasteiger partial charge in [0, 0.05) is 18.5 Å². The van der Waals surface area contributed by atoms with E-state index in [1.807, 2.05) is 44.2 Å². The molecule has 0 aliphatic heterocycles. The van der Waals surface area contributed by atoms with E-state index in [0.29, 0.717) is 17.5 Å². The van der Waals surface area contributed by atoms with Gasteiger partial charge in [0.2, 0.25) is 21.7 Å². The summed E-state index contributed by atoms with van der Waals surface area (Å²) in [6.45, 7) is 3.90. The maximum atomic E-state index is 12.6. The molecule has 1 aromatic heterocycles. The monoisotopic (exact) mass is 387 g/mol. The van der Waals surface area contributed by atoms with Crippen molar-refractivity contribution in [2.24, 2.45) is 0 Å². The summed E-state index contributed by atoms with van der Waals surface area (Å²) in [6, 6.07) is 12.8. The molecule has 0 amide bonds. The maximum Gasteiger partial charge on any atom is 0.244 e. The van der Waals surface area contributed by atoms with E-state index in [4.69, 9.17) is 9.26 Å². The molecule has 0 saturated carbocycles. The van der Waals surface area contributed by atoms with Crippen molar-refractivity contribution in [3.05, 3.63) is 59.5 Å². The maximum absolute atomic E-state index is 12.6. The summed E-state index contributed by atoms with van der Waals surface area (Å²) in [5.74, 6) is 1.16. The average molecular weight is 387 g/mol. The van der Waals surface area contributed by atoms with Crippen molar-refractivity contribution in [2.75, 3.05) is 13.7 Å². The summed E-state index contributed by atoms with van der Waals surface area (Å²) >= 11 is 0. The molecule has 0 saturated heterocycles. The van der Waals surface area contributed by atoms with E-state index in [1.165, 1.54) is 7.11 Å². The van der Waals surface area contributed by atoms with E-state index in [-0.39, 0.29) is 17.9 Å². The molecule has 1 heterocycles. The Balaban J connectivity index is 1.69. The Morgan fingerprint density at radius 3 is 2.52 bits per heavy atom. The first-order valence-corrected chi connectivity index (χ1v) is 9.92. The lowest BCUT2D eigenvalue weighted by atomic mass is 10.1. The molecule has 0 unspecified atom stereocenters. The topological polar surface area (TPSA) is 94.3 Å². The number of rotatable bonds is 7. The highest BCUT2D eigenvalue weighted by Crippen LogP contribution is 2.27. The van der Waals surface area contributed by atoms with Gasteiger partial charge in [-0.15, -0.1) is 0 Å². The molecule has 142 valence electrons. The van der Waals surface area contributed by atoms with Crippen molar-refractivity contribution >= 4 is 10.0 Å². The zero-order valence-electron chi connectivity index (χ0n) is 15.4. The number of benzene rings is 2. The molecule has 8 heteroatoms. The van der Waals surface area contributed by atoms with Gasteiger partial charge in [-0.25, -0.2) is 13.1 Å². The van der Waals surface area contributed by atoms with Crippen molar-refractivity contribution in [1.82, 2.24) is 14.9 Å². The quantitative estimate of drug-likeness (QED) is 0.670. The van der Waals surface area contributed by atoms with E-state index in [1.54, 1.807) is 12.1 Å². The Morgan fingerprint density at radius 1 is 1.11 bits per heavy atom. The second-order valence-corrected chi connectivity index (χ2v) is 7.85. The summed E-state index contributed by atoms with van der Waals surface area (Å²) in [7, 11) is -2.27. The third-order valence-corrected chi connectivity index (χ3v) is 5.68. The van der Waals surface area contributed by atoms with Crippen molar-refractivity contribution < 1.29 is 17.7 Å². The number of aromatic nitrogens is 2. The summed E-state index contributed by atoms with van der Waals surface area (Å²) in [6.07, 6.45) is 0.284. The largest absolute Gasteiger partial charge is 0.495 e. The lowest BCUT2D eigenvalue weighted by Gasteiger charge is -2.12. The van der Waals surface area contributed by atoms with Crippen LogP contribution >= 0.6 is 0 Å². The predicted octanol–water partition coefficient (Wildman–Crippen LogP) is 2.88. The lowest BCUT2D eigenvalue weighted by molar-refractivity contribution is 0.378. The third-order valence-electron chi connectivity index (χ3n) is 4.20. The highest BCUT2D eigenvalue weighted by Gasteiger charge is 2.20. The second kappa shape index (κ2) is 7.89. The Bertz CT molecular complexity index is 1030. The molecule has 0 bridgehead atoms. The first kappa shape index (κ1) is 19.1. The molecular weight excluding hydrogens is 366 g/mol. The van der Waals surface area contributed by atoms with Gasteiger partial charge in [0.15, 0.2) is 0 Å². The van der Waals surface area contributed by atoms with Crippen LogP contribution in [0.3, 0.4) is 0 Å². The molecule has 0 spiro atoms. The fraction of sp³-hybridized carbons (Fsp3) is 0.263. The van der Waals surface area contributed by atoms with Gasteiger partial charge < -0.3 is 9.26 Å². The standard InChI is InChI=1S/C19H21N3O4S/c1-13-11-16(25-3)17(12-14(13)2)27(23,24)20-10-9-18-21-19(22-26-18)15-7-5-4-6-8-15/h4-8,11-12,20H,9-10H2,1-3H3. The lowest BCUT2D eigenvalue weighted by Crippen LogP contribution is -2.26. The highest BCUT2D eigenvalue weighted by atomic mass is 32.2. The van der Waals surface area contributed by atoms with Crippen LogP contribution in [0, 0.1) is 13.8 Å². The molecule has 1 N–H and O–H groups in total. The zero-order valence-corrected chi connectivity index (χ0v) is 16.2. The molecule has 27 heavy (non-hydrogen) atoms. The number of aryl methyl sites for hydroxylation is 2. The number of hydrogen-bond donors (Lipinski definition) is 1. The fourth-order valence-electron chi connectivity index (χ4n) is 2.56. The van der Waals surface area contributed by atoms with Crippen LogP contribution in [0.25, 0.3) is 11.4 Å². The normalized spacial score (nSPS) is 11.5. The highest BCUT2D eigenvalue weighted by molar-refractivity contribution is 7.89. The van der Waals surface area contributed by atoms with Crippen molar-refractivity contribution in [1.29, 1.82) is 0 Å². The SMILES string of the molecule is COc1cc(C)c(C)cc1S(=O)(=O)NCCc1nc(-c2ccccc2)no1. The van der Waals surface area contributed by atoms with Gasteiger partial charge in [0.05, 0.1) is 7.11 Å². The van der Waals surface area contributed by atoms with Crippen LogP contribution in [-0.2, 0) is 16.4 Å². The van der Waals surface area contributed by atoms with E-state index < -0.39 is 10.0 Å². The summed E-state index contributed by atoms with van der Waals surface area (Å²) in [5, 5.41) is 3.93. The summed E-state index contributed by atoms with van der Waals surface area (Å²) in [4.78, 5) is 4.41. The zero-order chi connectivity index (χ0) is 19.4. The van der Waals surface area contributed by atoms with Crippen LogP contribution in [0.5, 0.6) is 5.75 Å². The Labute approximate surface area is 158 Å². The van der Waals surface area contributed by atoms with Crippen molar-refractivity contribution in [3.63, 3.8) is 0 Å². The molecule has 7 nitrogen and oxygen atoms in total. The number of nitrogens with one attached hydrogen (secondary N) is 1. The number of sulfonamides is 1. The van der Waals surface area contributed by atoms with Gasteiger partial charge in [0.25, 0.3) is 0 Å². The van der Waals surface area contributed by atoms with Crippen LogP contribution in [0.4, 0.5) is 0 Å². The third kappa shape index (κ3) is 4.35. The van der Waals surface area contributed by atoms with E-state index >= 15 is 0 Å². The molecule has 0 fully saturated rings. The number of nitrogens with zero attached hydrogens (tertiary/aromatic N) is 2. The van der Waals surface area contributed by atoms with Gasteiger partial charge in [-0.05, 0) is 37.1 Å². The van der Waals surface area contributed by atoms with Crippen LogP contribution in [0.15, 0.2) is 51.9 Å². The Kier molecular flexibility index (Phi) is 5.57. The number of methoxy groups -OCH3 is 1. The van der Waals surface area contributed by atoms with E-state index in [0.717, 1.165) is 16.7 Å². The number of ether oxygens (including phenoxy) is 1. The molecule has 2 aromatic carbocycles. The second-order valence-electron chi connectivity index (χ2n) is 6.11. The van der Waals surface area contributed by atoms with Crippen LogP contribution in [0.1, 0.15) is 17.0 Å². The Hall–Kier alpha value is -2.71. The Morgan fingerprint density at radius 2 is 1.81 bits per heavy atom. The van der Waals surface area contributed by atoms with E-state index in [9.17, 15) is 8.42 Å². The molecule has 3 aromatic rings. The van der Waals surface area contributed by atoms with Gasteiger partial charge in [-0.1, -0.05) is 35.5 Å². The summed E-state index contributed by atoms with van der Waals surface area (Å²) in [5.41, 5.74) is 2.68. The minimum absolute atomic E-state index is 0.114. The van der Waals surface area contributed by atoms with E-state index in [2.05, 4.69) is 14.9 Å². The van der Waals surface area contributed by atoms with Crippen LogP contribution in [-0.4, -0.2) is 32.2 Å². The average Bonchev–Trinajstić information content (AvgIpc) is 3.13. The predicted molar refractivity (Wildman–Crippen MR) is 101 cm³/mol. The van der Waals surface area contributed by atoms with Gasteiger partial charge in [-0.3, -0.25) is 0 Å². The van der Waals surface area contributed by atoms with Crippen LogP contribution in [0.2, 0.25) is 0 Å². The fourth-order valence-corrected chi connectivity index (χ4v) is 3.83. The minimum Gasteiger partial charge on any atom is -0.495 e. The van der Waals surface area contributed by atoms with Crippen molar-refractivity contribution in [2.45, 2.75) is 25.2 Å². The molecule has 0 radical (unpaired) electrons. The molecule has 0 aliphatic carbocycles. The van der Waals surface area contributed by atoms with Gasteiger partial charge >= 0.3 is 0 Å². The smallest absolute Gasteiger partial charge is 0.244 e. The molecule has 0 aliphatic rings. The summed E-state index contributed by atoms with van der Waals surface area (Å²) < 4.78 is 38.3. The molecular formula is C19H21N3O4S. The van der Waals surface area contributed by atoms with Gasteiger partial charge in [0.1, 0.15) is 10.6 Å².